The van der Waals surface area contributed by atoms with Crippen molar-refractivity contribution in [1.29, 1.82) is 0 Å². The van der Waals surface area contributed by atoms with Crippen LogP contribution in [0.3, 0.4) is 0 Å². The van der Waals surface area contributed by atoms with Gasteiger partial charge in [-0.3, -0.25) is 9.59 Å². The molecule has 25 heavy (non-hydrogen) atoms. The summed E-state index contributed by atoms with van der Waals surface area (Å²) in [5.41, 5.74) is 0.573. The third kappa shape index (κ3) is 4.87. The van der Waals surface area contributed by atoms with E-state index in [1.54, 1.807) is 37.3 Å². The second kappa shape index (κ2) is 9.30. The minimum atomic E-state index is -0.0363. The summed E-state index contributed by atoms with van der Waals surface area (Å²) in [5.74, 6) is 1.23. The van der Waals surface area contributed by atoms with Gasteiger partial charge in [0.05, 0.1) is 14.2 Å². The Morgan fingerprint density at radius 2 is 1.84 bits per heavy atom. The Morgan fingerprint density at radius 3 is 2.44 bits per heavy atom. The van der Waals surface area contributed by atoms with E-state index in [9.17, 15) is 9.59 Å². The molecule has 6 heteroatoms. The molecule has 1 aliphatic rings. The third-order valence-corrected chi connectivity index (χ3v) is 4.61. The molecule has 138 valence electrons. The lowest BCUT2D eigenvalue weighted by atomic mass is 9.95. The number of unbranched alkanes of at least 4 members (excludes halogenated alkanes) is 1. The van der Waals surface area contributed by atoms with Crippen LogP contribution in [0.25, 0.3) is 0 Å². The van der Waals surface area contributed by atoms with Gasteiger partial charge >= 0.3 is 0 Å². The maximum absolute atomic E-state index is 12.7. The minimum absolute atomic E-state index is 0.00584. The van der Waals surface area contributed by atoms with Gasteiger partial charge in [0.15, 0.2) is 11.5 Å². The second-order valence-electron chi connectivity index (χ2n) is 6.28. The number of nitrogens with one attached hydrogen (secondary N) is 1. The van der Waals surface area contributed by atoms with E-state index in [1.807, 2.05) is 0 Å². The van der Waals surface area contributed by atoms with Crippen molar-refractivity contribution in [3.8, 4) is 11.5 Å². The summed E-state index contributed by atoms with van der Waals surface area (Å²) in [6.45, 7) is 4.03. The summed E-state index contributed by atoms with van der Waals surface area (Å²) in [6, 6.07) is 5.18. The zero-order valence-corrected chi connectivity index (χ0v) is 15.3. The maximum Gasteiger partial charge on any atom is 0.253 e. The number of likely N-dealkylation sites (tertiary alicyclic amines) is 1. The van der Waals surface area contributed by atoms with Crippen molar-refractivity contribution < 1.29 is 19.1 Å². The number of benzene rings is 1. The van der Waals surface area contributed by atoms with E-state index in [1.165, 1.54) is 0 Å². The van der Waals surface area contributed by atoms with Gasteiger partial charge in [-0.15, -0.1) is 0 Å². The lowest BCUT2D eigenvalue weighted by Crippen LogP contribution is -2.43. The molecule has 0 unspecified atom stereocenters. The lowest BCUT2D eigenvalue weighted by molar-refractivity contribution is -0.126. The Balaban J connectivity index is 1.92. The highest BCUT2D eigenvalue weighted by atomic mass is 16.5. The van der Waals surface area contributed by atoms with E-state index in [0.29, 0.717) is 43.0 Å². The van der Waals surface area contributed by atoms with Crippen molar-refractivity contribution in [3.05, 3.63) is 23.8 Å². The summed E-state index contributed by atoms with van der Waals surface area (Å²) in [7, 11) is 3.12. The molecular formula is C19H28N2O4. The number of ether oxygens (including phenoxy) is 2. The van der Waals surface area contributed by atoms with E-state index in [2.05, 4.69) is 12.2 Å². The standard InChI is InChI=1S/C19H28N2O4/c1-4-5-10-20-18(22)14-8-11-21(12-9-14)19(23)15-6-7-16(24-2)17(13-15)25-3/h6-7,13-14H,4-5,8-12H2,1-3H3,(H,20,22). The zero-order valence-electron chi connectivity index (χ0n) is 15.3. The van der Waals surface area contributed by atoms with Crippen LogP contribution < -0.4 is 14.8 Å². The van der Waals surface area contributed by atoms with Crippen LogP contribution in [0.5, 0.6) is 11.5 Å². The van der Waals surface area contributed by atoms with Crippen LogP contribution in [0, 0.1) is 5.92 Å². The number of nitrogens with zero attached hydrogens (tertiary/aromatic N) is 1. The fourth-order valence-electron chi connectivity index (χ4n) is 3.03. The largest absolute Gasteiger partial charge is 0.493 e. The Labute approximate surface area is 149 Å². The lowest BCUT2D eigenvalue weighted by Gasteiger charge is -2.31. The first-order valence-electron chi connectivity index (χ1n) is 8.89. The number of piperidine rings is 1. The highest BCUT2D eigenvalue weighted by molar-refractivity contribution is 5.95. The Bertz CT molecular complexity index is 595. The molecule has 1 aromatic rings. The fourth-order valence-corrected chi connectivity index (χ4v) is 3.03. The van der Waals surface area contributed by atoms with Gasteiger partial charge in [0.1, 0.15) is 0 Å². The maximum atomic E-state index is 12.7. The molecule has 0 bridgehead atoms. The molecule has 0 aromatic heterocycles. The SMILES string of the molecule is CCCCNC(=O)C1CCN(C(=O)c2ccc(OC)c(OC)c2)CC1. The van der Waals surface area contributed by atoms with Crippen molar-refractivity contribution in [2.45, 2.75) is 32.6 Å². The average molecular weight is 348 g/mol. The van der Waals surface area contributed by atoms with Crippen LogP contribution in [0.15, 0.2) is 18.2 Å². The third-order valence-electron chi connectivity index (χ3n) is 4.61. The van der Waals surface area contributed by atoms with Gasteiger partial charge in [0.2, 0.25) is 5.91 Å². The highest BCUT2D eigenvalue weighted by Crippen LogP contribution is 2.28. The van der Waals surface area contributed by atoms with Crippen molar-refractivity contribution in [3.63, 3.8) is 0 Å². The first-order valence-corrected chi connectivity index (χ1v) is 8.89. The molecule has 1 heterocycles. The molecule has 1 aliphatic heterocycles. The van der Waals surface area contributed by atoms with Crippen molar-refractivity contribution in [2.24, 2.45) is 5.92 Å². The molecule has 1 N–H and O–H groups in total. The van der Waals surface area contributed by atoms with Crippen LogP contribution >= 0.6 is 0 Å². The number of hydrogen-bond acceptors (Lipinski definition) is 4. The molecular weight excluding hydrogens is 320 g/mol. The van der Waals surface area contributed by atoms with E-state index >= 15 is 0 Å². The molecule has 1 saturated heterocycles. The minimum Gasteiger partial charge on any atom is -0.493 e. The molecule has 2 rings (SSSR count). The van der Waals surface area contributed by atoms with Crippen molar-refractivity contribution in [1.82, 2.24) is 10.2 Å². The molecule has 1 fully saturated rings. The van der Waals surface area contributed by atoms with Crippen LogP contribution in [0.4, 0.5) is 0 Å². The van der Waals surface area contributed by atoms with Gasteiger partial charge < -0.3 is 19.7 Å². The van der Waals surface area contributed by atoms with Crippen LogP contribution in [-0.2, 0) is 4.79 Å². The topological polar surface area (TPSA) is 67.9 Å². The number of rotatable bonds is 7. The fraction of sp³-hybridized carbons (Fsp3) is 0.579. The Hall–Kier alpha value is -2.24. The van der Waals surface area contributed by atoms with E-state index in [-0.39, 0.29) is 17.7 Å². The summed E-state index contributed by atoms with van der Waals surface area (Å²) < 4.78 is 10.5. The smallest absolute Gasteiger partial charge is 0.253 e. The number of carbonyl (C=O) groups is 2. The molecule has 0 saturated carbocycles. The van der Waals surface area contributed by atoms with E-state index in [0.717, 1.165) is 19.4 Å². The van der Waals surface area contributed by atoms with Gasteiger partial charge in [-0.1, -0.05) is 13.3 Å². The molecule has 0 radical (unpaired) electrons. The average Bonchev–Trinajstić information content (AvgIpc) is 2.67. The molecule has 6 nitrogen and oxygen atoms in total. The van der Waals surface area contributed by atoms with Crippen LogP contribution in [0.2, 0.25) is 0 Å². The van der Waals surface area contributed by atoms with Gasteiger partial charge in [-0.2, -0.15) is 0 Å². The Kier molecular flexibility index (Phi) is 7.10. The number of amides is 2. The first-order chi connectivity index (χ1) is 12.1. The molecule has 2 amide bonds. The van der Waals surface area contributed by atoms with Crippen LogP contribution in [0.1, 0.15) is 43.0 Å². The van der Waals surface area contributed by atoms with E-state index < -0.39 is 0 Å². The monoisotopic (exact) mass is 348 g/mol. The number of methoxy groups -OCH3 is 2. The zero-order chi connectivity index (χ0) is 18.2. The van der Waals surface area contributed by atoms with Crippen molar-refractivity contribution in [2.75, 3.05) is 33.9 Å². The van der Waals surface area contributed by atoms with Crippen LogP contribution in [-0.4, -0.2) is 50.6 Å². The normalized spacial score (nSPS) is 14.9. The highest BCUT2D eigenvalue weighted by Gasteiger charge is 2.28. The summed E-state index contributed by atoms with van der Waals surface area (Å²) in [5, 5.41) is 2.98. The van der Waals surface area contributed by atoms with Gasteiger partial charge in [-0.25, -0.2) is 0 Å². The molecule has 1 aromatic carbocycles. The predicted molar refractivity (Wildman–Crippen MR) is 96.1 cm³/mol. The number of carbonyl (C=O) groups excluding carboxylic acids is 2. The van der Waals surface area contributed by atoms with E-state index in [4.69, 9.17) is 9.47 Å². The second-order valence-corrected chi connectivity index (χ2v) is 6.28. The number of hydrogen-bond donors (Lipinski definition) is 1. The molecule has 0 aliphatic carbocycles. The predicted octanol–water partition coefficient (Wildman–Crippen LogP) is 2.47. The summed E-state index contributed by atoms with van der Waals surface area (Å²) in [6.07, 6.45) is 3.48. The van der Waals surface area contributed by atoms with Crippen molar-refractivity contribution >= 4 is 11.8 Å². The van der Waals surface area contributed by atoms with Gasteiger partial charge in [-0.05, 0) is 37.5 Å². The van der Waals surface area contributed by atoms with Gasteiger partial charge in [0, 0.05) is 31.1 Å². The summed E-state index contributed by atoms with van der Waals surface area (Å²) >= 11 is 0. The summed E-state index contributed by atoms with van der Waals surface area (Å²) in [4.78, 5) is 26.6. The molecule has 0 atom stereocenters. The quantitative estimate of drug-likeness (QED) is 0.769. The molecule has 0 spiro atoms. The van der Waals surface area contributed by atoms with Gasteiger partial charge in [0.25, 0.3) is 5.91 Å². The first kappa shape index (κ1) is 19.1. The Morgan fingerprint density at radius 1 is 1.16 bits per heavy atom.